The molecule has 2 aliphatic rings. The minimum atomic E-state index is -0.185. The lowest BCUT2D eigenvalue weighted by Gasteiger charge is -2.22. The smallest absolute Gasteiger partial charge is 0.247 e. The third-order valence-electron chi connectivity index (χ3n) is 4.47. The van der Waals surface area contributed by atoms with Crippen LogP contribution >= 0.6 is 11.6 Å². The van der Waals surface area contributed by atoms with Crippen LogP contribution in [-0.4, -0.2) is 23.4 Å². The fourth-order valence-corrected chi connectivity index (χ4v) is 3.44. The predicted molar refractivity (Wildman–Crippen MR) is 89.8 cm³/mol. The lowest BCUT2D eigenvalue weighted by atomic mass is 10.1. The van der Waals surface area contributed by atoms with Crippen molar-refractivity contribution in [2.75, 3.05) is 17.4 Å². The Morgan fingerprint density at radius 1 is 1.13 bits per heavy atom. The summed E-state index contributed by atoms with van der Waals surface area (Å²) in [6.07, 6.45) is 4.22. The first kappa shape index (κ1) is 14.5. The van der Waals surface area contributed by atoms with Gasteiger partial charge in [0.15, 0.2) is 0 Å². The number of carbonyl (C=O) groups excluding carboxylic acids is 1. The average Bonchev–Trinajstić information content (AvgIpc) is 3.22. The van der Waals surface area contributed by atoms with E-state index >= 15 is 0 Å². The Hall–Kier alpha value is -2.07. The Morgan fingerprint density at radius 3 is 2.83 bits per heavy atom. The Labute approximate surface area is 140 Å². The van der Waals surface area contributed by atoms with Crippen LogP contribution in [0.25, 0.3) is 0 Å². The number of carbonyl (C=O) groups is 1. The molecule has 0 unspecified atom stereocenters. The summed E-state index contributed by atoms with van der Waals surface area (Å²) in [5, 5.41) is 0. The molecule has 1 aliphatic heterocycles. The van der Waals surface area contributed by atoms with Crippen LogP contribution in [0.1, 0.15) is 23.1 Å². The van der Waals surface area contributed by atoms with Crippen molar-refractivity contribution in [3.63, 3.8) is 0 Å². The van der Waals surface area contributed by atoms with Gasteiger partial charge in [-0.25, -0.2) is 0 Å². The van der Waals surface area contributed by atoms with Gasteiger partial charge in [-0.1, -0.05) is 6.07 Å². The predicted octanol–water partition coefficient (Wildman–Crippen LogP) is 3.41. The zero-order chi connectivity index (χ0) is 15.8. The van der Waals surface area contributed by atoms with Crippen molar-refractivity contribution in [2.45, 2.75) is 25.7 Å². The number of nitrogens with zero attached hydrogens (tertiary/aromatic N) is 2. The highest BCUT2D eigenvalue weighted by atomic mass is 35.5. The van der Waals surface area contributed by atoms with Gasteiger partial charge in [-0.2, -0.15) is 4.98 Å². The molecular formula is C18H17ClN2O2. The fourth-order valence-electron chi connectivity index (χ4n) is 3.32. The average molecular weight is 329 g/mol. The molecule has 0 saturated carbocycles. The first-order valence-electron chi connectivity index (χ1n) is 7.90. The van der Waals surface area contributed by atoms with Gasteiger partial charge < -0.3 is 4.74 Å². The molecule has 4 nitrogen and oxygen atoms in total. The van der Waals surface area contributed by atoms with E-state index < -0.39 is 0 Å². The summed E-state index contributed by atoms with van der Waals surface area (Å²) in [6.45, 7) is 0.647. The van der Waals surface area contributed by atoms with Gasteiger partial charge >= 0.3 is 0 Å². The van der Waals surface area contributed by atoms with E-state index in [1.165, 1.54) is 17.5 Å². The second-order valence-corrected chi connectivity index (χ2v) is 6.17. The third-order valence-corrected chi connectivity index (χ3v) is 4.70. The number of alkyl halides is 1. The number of rotatable bonds is 3. The quantitative estimate of drug-likeness (QED) is 0.811. The summed E-state index contributed by atoms with van der Waals surface area (Å²) in [5.41, 5.74) is 4.59. The van der Waals surface area contributed by atoms with Gasteiger partial charge in [-0.05, 0) is 54.7 Å². The Balaban J connectivity index is 1.77. The van der Waals surface area contributed by atoms with E-state index in [-0.39, 0.29) is 11.8 Å². The lowest BCUT2D eigenvalue weighted by molar-refractivity contribution is -0.115. The number of hydrogen-bond donors (Lipinski definition) is 0. The summed E-state index contributed by atoms with van der Waals surface area (Å²) in [7, 11) is 0. The van der Waals surface area contributed by atoms with Crippen molar-refractivity contribution in [1.29, 1.82) is 0 Å². The minimum Gasteiger partial charge on any atom is -0.477 e. The van der Waals surface area contributed by atoms with Crippen molar-refractivity contribution < 1.29 is 9.53 Å². The summed E-state index contributed by atoms with van der Waals surface area (Å²) in [6, 6.07) is 10.0. The number of benzene rings is 1. The van der Waals surface area contributed by atoms with Gasteiger partial charge in [0.25, 0.3) is 0 Å². The van der Waals surface area contributed by atoms with Crippen molar-refractivity contribution in [2.24, 2.45) is 0 Å². The van der Waals surface area contributed by atoms with Crippen LogP contribution in [-0.2, 0) is 24.1 Å². The van der Waals surface area contributed by atoms with Crippen molar-refractivity contribution in [1.82, 2.24) is 4.98 Å². The molecule has 1 aromatic heterocycles. The summed E-state index contributed by atoms with van der Waals surface area (Å²) in [5.74, 6) is 0.914. The van der Waals surface area contributed by atoms with Gasteiger partial charge in [-0.3, -0.25) is 9.69 Å². The van der Waals surface area contributed by atoms with E-state index in [1.807, 2.05) is 18.2 Å². The summed E-state index contributed by atoms with van der Waals surface area (Å²) < 4.78 is 5.53. The molecule has 0 radical (unpaired) electrons. The van der Waals surface area contributed by atoms with Gasteiger partial charge in [-0.15, -0.1) is 11.6 Å². The maximum Gasteiger partial charge on any atom is 0.247 e. The molecule has 1 amide bonds. The van der Waals surface area contributed by atoms with E-state index in [0.29, 0.717) is 18.3 Å². The van der Waals surface area contributed by atoms with E-state index in [9.17, 15) is 4.79 Å². The van der Waals surface area contributed by atoms with Crippen molar-refractivity contribution in [3.8, 4) is 5.88 Å². The molecule has 2 heterocycles. The van der Waals surface area contributed by atoms with Crippen LogP contribution in [0.15, 0.2) is 30.3 Å². The first-order chi connectivity index (χ1) is 11.3. The normalized spacial score (nSPS) is 15.0. The topological polar surface area (TPSA) is 42.4 Å². The number of hydrogen-bond acceptors (Lipinski definition) is 3. The molecule has 0 saturated heterocycles. The van der Waals surface area contributed by atoms with Crippen LogP contribution in [0.4, 0.5) is 11.5 Å². The number of pyridine rings is 1. The third kappa shape index (κ3) is 2.57. The molecule has 23 heavy (non-hydrogen) atoms. The maximum atomic E-state index is 12.4. The van der Waals surface area contributed by atoms with Gasteiger partial charge in [0.2, 0.25) is 11.8 Å². The Bertz CT molecular complexity index is 718. The van der Waals surface area contributed by atoms with Crippen LogP contribution in [0, 0.1) is 0 Å². The Kier molecular flexibility index (Phi) is 3.69. The SMILES string of the molecule is O=C(CCl)N(c1ccc2c(c1)CCC2)c1ccc2c(n1)OCC2. The highest BCUT2D eigenvalue weighted by molar-refractivity contribution is 6.30. The maximum absolute atomic E-state index is 12.4. The molecule has 1 aliphatic carbocycles. The zero-order valence-electron chi connectivity index (χ0n) is 12.7. The van der Waals surface area contributed by atoms with E-state index in [0.717, 1.165) is 30.5 Å². The molecule has 0 bridgehead atoms. The number of anilines is 2. The second-order valence-electron chi connectivity index (χ2n) is 5.90. The molecule has 2 aromatic rings. The van der Waals surface area contributed by atoms with Crippen LogP contribution in [0.5, 0.6) is 5.88 Å². The highest BCUT2D eigenvalue weighted by Gasteiger charge is 2.23. The van der Waals surface area contributed by atoms with E-state index in [1.54, 1.807) is 4.90 Å². The second kappa shape index (κ2) is 5.85. The Morgan fingerprint density at radius 2 is 1.96 bits per heavy atom. The number of ether oxygens (including phenoxy) is 1. The molecule has 5 heteroatoms. The van der Waals surface area contributed by atoms with Crippen LogP contribution in [0.2, 0.25) is 0 Å². The van der Waals surface area contributed by atoms with E-state index in [2.05, 4.69) is 17.1 Å². The molecule has 0 N–H and O–H groups in total. The largest absolute Gasteiger partial charge is 0.477 e. The highest BCUT2D eigenvalue weighted by Crippen LogP contribution is 2.33. The molecule has 118 valence electrons. The molecule has 0 spiro atoms. The summed E-state index contributed by atoms with van der Waals surface area (Å²) >= 11 is 5.83. The summed E-state index contributed by atoms with van der Waals surface area (Å²) in [4.78, 5) is 18.5. The number of aryl methyl sites for hydroxylation is 2. The molecular weight excluding hydrogens is 312 g/mol. The van der Waals surface area contributed by atoms with Crippen molar-refractivity contribution >= 4 is 29.0 Å². The van der Waals surface area contributed by atoms with Crippen molar-refractivity contribution in [3.05, 3.63) is 47.0 Å². The van der Waals surface area contributed by atoms with E-state index in [4.69, 9.17) is 16.3 Å². The monoisotopic (exact) mass is 328 g/mol. The molecule has 0 atom stereocenters. The number of aromatic nitrogens is 1. The van der Waals surface area contributed by atoms with Crippen LogP contribution < -0.4 is 9.64 Å². The minimum absolute atomic E-state index is 0.0866. The molecule has 0 fully saturated rings. The van der Waals surface area contributed by atoms with Crippen LogP contribution in [0.3, 0.4) is 0 Å². The molecule has 4 rings (SSSR count). The van der Waals surface area contributed by atoms with Gasteiger partial charge in [0, 0.05) is 12.0 Å². The first-order valence-corrected chi connectivity index (χ1v) is 8.43. The number of halogens is 1. The van der Waals surface area contributed by atoms with Gasteiger partial charge in [0.05, 0.1) is 12.3 Å². The fraction of sp³-hybridized carbons (Fsp3) is 0.333. The van der Waals surface area contributed by atoms with Gasteiger partial charge in [0.1, 0.15) is 11.7 Å². The zero-order valence-corrected chi connectivity index (χ0v) is 13.5. The number of fused-ring (bicyclic) bond motifs is 2. The number of amides is 1. The molecule has 1 aromatic carbocycles. The lowest BCUT2D eigenvalue weighted by Crippen LogP contribution is -2.28. The standard InChI is InChI=1S/C18H17ClN2O2/c19-11-17(22)21(15-6-4-12-2-1-3-14(12)10-15)16-7-5-13-8-9-23-18(13)20-16/h4-7,10H,1-3,8-9,11H2.